The molecule has 0 aliphatic heterocycles. The lowest BCUT2D eigenvalue weighted by Gasteiger charge is -2.31. The van der Waals surface area contributed by atoms with Crippen LogP contribution in [0.25, 0.3) is 11.1 Å². The summed E-state index contributed by atoms with van der Waals surface area (Å²) in [5, 5.41) is 0. The van der Waals surface area contributed by atoms with E-state index in [1.165, 1.54) is 68.6 Å². The summed E-state index contributed by atoms with van der Waals surface area (Å²) in [7, 11) is 0. The molecular formula is C30H38O2. The fraction of sp³-hybridized carbons (Fsp3) is 0.433. The largest absolute Gasteiger partial charge is 0.451 e. The van der Waals surface area contributed by atoms with Crippen molar-refractivity contribution in [2.24, 2.45) is 0 Å². The lowest BCUT2D eigenvalue weighted by atomic mass is 9.85. The normalized spacial score (nSPS) is 19.8. The molecule has 170 valence electrons. The average molecular weight is 431 g/mol. The Hall–Kier alpha value is -2.61. The smallest absolute Gasteiger partial charge is 0.303 e. The summed E-state index contributed by atoms with van der Waals surface area (Å²) < 4.78 is 5.79. The van der Waals surface area contributed by atoms with Crippen LogP contribution in [0.4, 0.5) is 0 Å². The monoisotopic (exact) mass is 430 g/mol. The minimum Gasteiger partial charge on any atom is -0.451 e. The van der Waals surface area contributed by atoms with E-state index in [0.29, 0.717) is 0 Å². The summed E-state index contributed by atoms with van der Waals surface area (Å²) in [6, 6.07) is 19.2. The third kappa shape index (κ3) is 7.22. The van der Waals surface area contributed by atoms with Crippen molar-refractivity contribution in [3.8, 4) is 11.1 Å². The molecule has 0 saturated carbocycles. The molecule has 2 aromatic carbocycles. The molecule has 2 heteroatoms. The molecule has 0 amide bonds. The van der Waals surface area contributed by atoms with E-state index in [1.54, 1.807) is 0 Å². The van der Waals surface area contributed by atoms with Crippen LogP contribution in [0.15, 0.2) is 78.9 Å². The van der Waals surface area contributed by atoms with Gasteiger partial charge in [0.25, 0.3) is 0 Å². The lowest BCUT2D eigenvalue weighted by molar-refractivity contribution is -0.149. The number of carbonyl (C=O) groups excluding carboxylic acids is 1. The molecule has 32 heavy (non-hydrogen) atoms. The highest BCUT2D eigenvalue weighted by molar-refractivity contribution is 5.67. The quantitative estimate of drug-likeness (QED) is 0.192. The number of benzene rings is 2. The SMILES string of the molecule is CCCCCCCCCCC1(OC(C)=O)C=CC(c2ccc(-c3ccccc3)cc2)C=C1. The van der Waals surface area contributed by atoms with Crippen molar-refractivity contribution < 1.29 is 9.53 Å². The zero-order valence-corrected chi connectivity index (χ0v) is 19.8. The summed E-state index contributed by atoms with van der Waals surface area (Å²) in [6.07, 6.45) is 19.6. The summed E-state index contributed by atoms with van der Waals surface area (Å²) in [5.41, 5.74) is 3.12. The van der Waals surface area contributed by atoms with Crippen molar-refractivity contribution in [3.05, 3.63) is 84.5 Å². The van der Waals surface area contributed by atoms with Gasteiger partial charge in [0, 0.05) is 12.8 Å². The average Bonchev–Trinajstić information content (AvgIpc) is 2.82. The lowest BCUT2D eigenvalue weighted by Crippen LogP contribution is -2.31. The van der Waals surface area contributed by atoms with Gasteiger partial charge in [0.2, 0.25) is 0 Å². The molecule has 0 spiro atoms. The molecule has 0 aromatic heterocycles. The Balaban J connectivity index is 1.55. The molecule has 0 bridgehead atoms. The van der Waals surface area contributed by atoms with Gasteiger partial charge in [-0.25, -0.2) is 0 Å². The van der Waals surface area contributed by atoms with Crippen molar-refractivity contribution in [3.63, 3.8) is 0 Å². The van der Waals surface area contributed by atoms with Gasteiger partial charge in [-0.3, -0.25) is 4.79 Å². The number of ether oxygens (including phenoxy) is 1. The van der Waals surface area contributed by atoms with Crippen molar-refractivity contribution in [1.29, 1.82) is 0 Å². The molecule has 0 unspecified atom stereocenters. The number of carbonyl (C=O) groups is 1. The van der Waals surface area contributed by atoms with E-state index in [4.69, 9.17) is 4.74 Å². The molecule has 0 fully saturated rings. The van der Waals surface area contributed by atoms with Gasteiger partial charge >= 0.3 is 5.97 Å². The van der Waals surface area contributed by atoms with Crippen LogP contribution in [-0.4, -0.2) is 11.6 Å². The molecule has 2 nitrogen and oxygen atoms in total. The maximum absolute atomic E-state index is 11.8. The Morgan fingerprint density at radius 3 is 1.94 bits per heavy atom. The van der Waals surface area contributed by atoms with Crippen LogP contribution in [0.3, 0.4) is 0 Å². The highest BCUT2D eigenvalue weighted by Gasteiger charge is 2.30. The number of hydrogen-bond acceptors (Lipinski definition) is 2. The third-order valence-electron chi connectivity index (χ3n) is 6.33. The number of hydrogen-bond donors (Lipinski definition) is 0. The van der Waals surface area contributed by atoms with Crippen LogP contribution in [0.5, 0.6) is 0 Å². The predicted molar refractivity (Wildman–Crippen MR) is 135 cm³/mol. The summed E-state index contributed by atoms with van der Waals surface area (Å²) in [4.78, 5) is 11.8. The zero-order valence-electron chi connectivity index (χ0n) is 19.8. The molecule has 1 aliphatic rings. The van der Waals surface area contributed by atoms with Crippen LogP contribution in [0, 0.1) is 0 Å². The van der Waals surface area contributed by atoms with Gasteiger partial charge in [0.05, 0.1) is 0 Å². The van der Waals surface area contributed by atoms with Crippen molar-refractivity contribution in [1.82, 2.24) is 0 Å². The van der Waals surface area contributed by atoms with Crippen LogP contribution in [0.2, 0.25) is 0 Å². The second-order valence-corrected chi connectivity index (χ2v) is 9.01. The standard InChI is InChI=1S/C30H38O2/c1-3-4-5-6-7-8-9-13-22-30(32-25(2)31)23-20-29(21-24-30)28-18-16-27(17-19-28)26-14-11-10-12-15-26/h10-12,14-21,23-24,29H,3-9,13,22H2,1-2H3. The van der Waals surface area contributed by atoms with Crippen molar-refractivity contribution >= 4 is 5.97 Å². The highest BCUT2D eigenvalue weighted by atomic mass is 16.6. The molecule has 0 heterocycles. The van der Waals surface area contributed by atoms with Crippen LogP contribution in [0.1, 0.15) is 83.1 Å². The topological polar surface area (TPSA) is 26.3 Å². The van der Waals surface area contributed by atoms with E-state index in [9.17, 15) is 4.79 Å². The Morgan fingerprint density at radius 1 is 0.781 bits per heavy atom. The van der Waals surface area contributed by atoms with Crippen LogP contribution >= 0.6 is 0 Å². The molecule has 0 atom stereocenters. The van der Waals surface area contributed by atoms with Gasteiger partial charge in [0.15, 0.2) is 0 Å². The molecule has 1 aliphatic carbocycles. The molecule has 3 rings (SSSR count). The van der Waals surface area contributed by atoms with Gasteiger partial charge in [0.1, 0.15) is 5.60 Å². The maximum Gasteiger partial charge on any atom is 0.303 e. The first-order valence-electron chi connectivity index (χ1n) is 12.4. The molecule has 0 radical (unpaired) electrons. The second-order valence-electron chi connectivity index (χ2n) is 9.01. The predicted octanol–water partition coefficient (Wildman–Crippen LogP) is 8.40. The zero-order chi connectivity index (χ0) is 22.7. The van der Waals surface area contributed by atoms with E-state index < -0.39 is 5.60 Å². The Labute approximate surface area is 194 Å². The molecule has 0 N–H and O–H groups in total. The minimum atomic E-state index is -0.589. The summed E-state index contributed by atoms with van der Waals surface area (Å²) >= 11 is 0. The third-order valence-corrected chi connectivity index (χ3v) is 6.33. The maximum atomic E-state index is 11.8. The van der Waals surface area contributed by atoms with Crippen LogP contribution < -0.4 is 0 Å². The van der Waals surface area contributed by atoms with Gasteiger partial charge in [-0.2, -0.15) is 0 Å². The van der Waals surface area contributed by atoms with E-state index >= 15 is 0 Å². The van der Waals surface area contributed by atoms with E-state index in [0.717, 1.165) is 12.8 Å². The van der Waals surface area contributed by atoms with Gasteiger partial charge in [-0.05, 0) is 41.7 Å². The van der Waals surface area contributed by atoms with Gasteiger partial charge < -0.3 is 4.74 Å². The summed E-state index contributed by atoms with van der Waals surface area (Å²) in [6.45, 7) is 3.76. The van der Waals surface area contributed by atoms with E-state index in [2.05, 4.69) is 79.8 Å². The van der Waals surface area contributed by atoms with E-state index in [1.807, 2.05) is 6.07 Å². The molecule has 0 saturated heterocycles. The number of allylic oxidation sites excluding steroid dienone is 2. The van der Waals surface area contributed by atoms with Crippen molar-refractivity contribution in [2.45, 2.75) is 83.2 Å². The van der Waals surface area contributed by atoms with E-state index in [-0.39, 0.29) is 11.9 Å². The molecular weight excluding hydrogens is 392 g/mol. The van der Waals surface area contributed by atoms with Crippen molar-refractivity contribution in [2.75, 3.05) is 0 Å². The van der Waals surface area contributed by atoms with Gasteiger partial charge in [-0.15, -0.1) is 0 Å². The minimum absolute atomic E-state index is 0.210. The fourth-order valence-corrected chi connectivity index (χ4v) is 4.49. The first-order valence-corrected chi connectivity index (χ1v) is 12.4. The summed E-state index contributed by atoms with van der Waals surface area (Å²) in [5.74, 6) is -0.00778. The Kier molecular flexibility index (Phi) is 9.34. The fourth-order valence-electron chi connectivity index (χ4n) is 4.49. The highest BCUT2D eigenvalue weighted by Crippen LogP contribution is 2.33. The number of unbranched alkanes of at least 4 members (excludes halogenated alkanes) is 7. The molecule has 2 aromatic rings. The number of esters is 1. The number of rotatable bonds is 12. The van der Waals surface area contributed by atoms with Gasteiger partial charge in [-0.1, -0.05) is 119 Å². The Bertz CT molecular complexity index is 863. The second kappa shape index (κ2) is 12.4. The first-order chi connectivity index (χ1) is 15.6. The Morgan fingerprint density at radius 2 is 1.34 bits per heavy atom. The first kappa shape index (κ1) is 24.0. The van der Waals surface area contributed by atoms with Crippen LogP contribution in [-0.2, 0) is 9.53 Å².